The summed E-state index contributed by atoms with van der Waals surface area (Å²) in [5.74, 6) is 1.07. The van der Waals surface area contributed by atoms with E-state index in [0.29, 0.717) is 17.2 Å². The first-order valence-corrected chi connectivity index (χ1v) is 4.72. The van der Waals surface area contributed by atoms with Crippen molar-refractivity contribution in [1.82, 2.24) is 9.97 Å². The third-order valence-corrected chi connectivity index (χ3v) is 2.28. The summed E-state index contributed by atoms with van der Waals surface area (Å²) in [6.45, 7) is 0. The second-order valence-electron chi connectivity index (χ2n) is 3.25. The van der Waals surface area contributed by atoms with Crippen LogP contribution in [0.15, 0.2) is 30.6 Å². The van der Waals surface area contributed by atoms with Gasteiger partial charge in [-0.1, -0.05) is 0 Å². The predicted molar refractivity (Wildman–Crippen MR) is 62.8 cm³/mol. The van der Waals surface area contributed by atoms with Gasteiger partial charge >= 0.3 is 0 Å². The van der Waals surface area contributed by atoms with Gasteiger partial charge in [-0.3, -0.25) is 0 Å². The van der Waals surface area contributed by atoms with E-state index in [4.69, 9.17) is 16.2 Å². The van der Waals surface area contributed by atoms with Gasteiger partial charge in [-0.05, 0) is 24.3 Å². The van der Waals surface area contributed by atoms with Gasteiger partial charge in [-0.15, -0.1) is 0 Å². The van der Waals surface area contributed by atoms with E-state index in [2.05, 4.69) is 9.97 Å². The Labute approximate surface area is 93.1 Å². The Bertz CT molecular complexity index is 496. The van der Waals surface area contributed by atoms with Crippen LogP contribution in [-0.2, 0) is 0 Å². The molecule has 5 nitrogen and oxygen atoms in total. The first-order chi connectivity index (χ1) is 7.72. The van der Waals surface area contributed by atoms with Gasteiger partial charge in [-0.25, -0.2) is 9.97 Å². The summed E-state index contributed by atoms with van der Waals surface area (Å²) >= 11 is 0. The largest absolute Gasteiger partial charge is 0.497 e. The first-order valence-electron chi connectivity index (χ1n) is 4.72. The first kappa shape index (κ1) is 10.2. The molecule has 0 aliphatic rings. The third-order valence-electron chi connectivity index (χ3n) is 2.28. The normalized spacial score (nSPS) is 10.1. The van der Waals surface area contributed by atoms with Gasteiger partial charge in [0.1, 0.15) is 17.8 Å². The second-order valence-corrected chi connectivity index (χ2v) is 3.25. The Morgan fingerprint density at radius 2 is 1.75 bits per heavy atom. The average molecular weight is 216 g/mol. The minimum atomic E-state index is 0.292. The van der Waals surface area contributed by atoms with Gasteiger partial charge in [0.2, 0.25) is 0 Å². The van der Waals surface area contributed by atoms with Crippen LogP contribution in [0, 0.1) is 0 Å². The van der Waals surface area contributed by atoms with Gasteiger partial charge in [-0.2, -0.15) is 0 Å². The van der Waals surface area contributed by atoms with Crippen molar-refractivity contribution in [3.8, 4) is 17.0 Å². The number of hydrogen-bond acceptors (Lipinski definition) is 5. The maximum Gasteiger partial charge on any atom is 0.150 e. The van der Waals surface area contributed by atoms with Gasteiger partial charge in [0.15, 0.2) is 5.82 Å². The van der Waals surface area contributed by atoms with Crippen molar-refractivity contribution in [2.24, 2.45) is 0 Å². The topological polar surface area (TPSA) is 87.0 Å². The Hall–Kier alpha value is -2.30. The van der Waals surface area contributed by atoms with Gasteiger partial charge in [0.25, 0.3) is 0 Å². The van der Waals surface area contributed by atoms with E-state index in [1.54, 1.807) is 7.11 Å². The van der Waals surface area contributed by atoms with E-state index >= 15 is 0 Å². The van der Waals surface area contributed by atoms with Crippen LogP contribution in [0.25, 0.3) is 11.3 Å². The van der Waals surface area contributed by atoms with E-state index in [0.717, 1.165) is 11.3 Å². The number of rotatable bonds is 2. The van der Waals surface area contributed by atoms with Crippen LogP contribution in [0.3, 0.4) is 0 Å². The smallest absolute Gasteiger partial charge is 0.150 e. The number of anilines is 2. The molecule has 1 aromatic heterocycles. The number of ether oxygens (including phenoxy) is 1. The molecule has 0 amide bonds. The van der Waals surface area contributed by atoms with Crippen molar-refractivity contribution in [2.45, 2.75) is 0 Å². The van der Waals surface area contributed by atoms with Crippen LogP contribution in [0.4, 0.5) is 11.5 Å². The highest BCUT2D eigenvalue weighted by Crippen LogP contribution is 2.27. The average Bonchev–Trinajstić information content (AvgIpc) is 2.33. The van der Waals surface area contributed by atoms with Crippen LogP contribution < -0.4 is 16.2 Å². The van der Waals surface area contributed by atoms with Crippen LogP contribution in [0.5, 0.6) is 5.75 Å². The molecule has 0 unspecified atom stereocenters. The van der Waals surface area contributed by atoms with Crippen molar-refractivity contribution in [3.05, 3.63) is 30.6 Å². The molecule has 0 aliphatic carbocycles. The number of hydrogen-bond donors (Lipinski definition) is 2. The minimum absolute atomic E-state index is 0.292. The van der Waals surface area contributed by atoms with Crippen LogP contribution >= 0.6 is 0 Å². The summed E-state index contributed by atoms with van der Waals surface area (Å²) in [4.78, 5) is 7.92. The molecule has 16 heavy (non-hydrogen) atoms. The number of nitrogen functional groups attached to an aromatic ring is 2. The second kappa shape index (κ2) is 4.06. The van der Waals surface area contributed by atoms with E-state index < -0.39 is 0 Å². The summed E-state index contributed by atoms with van der Waals surface area (Å²) < 4.78 is 5.07. The highest BCUT2D eigenvalue weighted by Gasteiger charge is 2.07. The fourth-order valence-corrected chi connectivity index (χ4v) is 1.39. The van der Waals surface area contributed by atoms with Crippen molar-refractivity contribution < 1.29 is 4.74 Å². The summed E-state index contributed by atoms with van der Waals surface area (Å²) in [5.41, 5.74) is 13.3. The number of benzene rings is 1. The molecule has 0 saturated heterocycles. The maximum atomic E-state index is 5.80. The standard InChI is InChI=1S/C11H12N4O/c1-16-8-4-2-7(3-5-8)10-9(12)11(13)15-6-14-10/h2-6H,12H2,1H3,(H2,13,14,15). The number of nitrogens with zero attached hydrogens (tertiary/aromatic N) is 2. The molecule has 1 aromatic carbocycles. The molecule has 0 fully saturated rings. The Morgan fingerprint density at radius 3 is 2.38 bits per heavy atom. The molecule has 0 atom stereocenters. The van der Waals surface area contributed by atoms with Crippen LogP contribution in [-0.4, -0.2) is 17.1 Å². The molecular formula is C11H12N4O. The lowest BCUT2D eigenvalue weighted by Crippen LogP contribution is -2.01. The summed E-state index contributed by atoms with van der Waals surface area (Å²) in [6, 6.07) is 7.42. The van der Waals surface area contributed by atoms with Crippen molar-refractivity contribution in [3.63, 3.8) is 0 Å². The lowest BCUT2D eigenvalue weighted by molar-refractivity contribution is 0.415. The predicted octanol–water partition coefficient (Wildman–Crippen LogP) is 1.32. The molecule has 4 N–H and O–H groups in total. The zero-order valence-corrected chi connectivity index (χ0v) is 8.84. The van der Waals surface area contributed by atoms with E-state index in [1.807, 2.05) is 24.3 Å². The molecule has 0 spiro atoms. The maximum absolute atomic E-state index is 5.80. The van der Waals surface area contributed by atoms with E-state index in [1.165, 1.54) is 6.33 Å². The molecule has 0 saturated carbocycles. The molecule has 82 valence electrons. The molecule has 0 aliphatic heterocycles. The van der Waals surface area contributed by atoms with Crippen molar-refractivity contribution >= 4 is 11.5 Å². The zero-order chi connectivity index (χ0) is 11.5. The van der Waals surface area contributed by atoms with Gasteiger partial charge < -0.3 is 16.2 Å². The number of aromatic nitrogens is 2. The Kier molecular flexibility index (Phi) is 2.59. The molecule has 0 bridgehead atoms. The van der Waals surface area contributed by atoms with Crippen molar-refractivity contribution in [2.75, 3.05) is 18.6 Å². The van der Waals surface area contributed by atoms with E-state index in [-0.39, 0.29) is 0 Å². The monoisotopic (exact) mass is 216 g/mol. The highest BCUT2D eigenvalue weighted by atomic mass is 16.5. The molecule has 2 aromatic rings. The fraction of sp³-hybridized carbons (Fsp3) is 0.0909. The lowest BCUT2D eigenvalue weighted by atomic mass is 10.1. The van der Waals surface area contributed by atoms with E-state index in [9.17, 15) is 0 Å². The zero-order valence-electron chi connectivity index (χ0n) is 8.84. The SMILES string of the molecule is COc1ccc(-c2ncnc(N)c2N)cc1. The summed E-state index contributed by atoms with van der Waals surface area (Å²) in [5, 5.41) is 0. The van der Waals surface area contributed by atoms with Gasteiger partial charge in [0, 0.05) is 5.56 Å². The molecule has 1 heterocycles. The van der Waals surface area contributed by atoms with Crippen LogP contribution in [0.2, 0.25) is 0 Å². The quantitative estimate of drug-likeness (QED) is 0.790. The molecule has 2 rings (SSSR count). The number of nitrogens with two attached hydrogens (primary N) is 2. The Balaban J connectivity index is 2.46. The van der Waals surface area contributed by atoms with Crippen LogP contribution in [0.1, 0.15) is 0 Å². The Morgan fingerprint density at radius 1 is 1.06 bits per heavy atom. The highest BCUT2D eigenvalue weighted by molar-refractivity contribution is 5.79. The molecule has 5 heteroatoms. The lowest BCUT2D eigenvalue weighted by Gasteiger charge is -2.06. The molecular weight excluding hydrogens is 204 g/mol. The summed E-state index contributed by atoms with van der Waals surface area (Å²) in [7, 11) is 1.62. The third kappa shape index (κ3) is 1.75. The molecule has 0 radical (unpaired) electrons. The van der Waals surface area contributed by atoms with Gasteiger partial charge in [0.05, 0.1) is 12.8 Å². The summed E-state index contributed by atoms with van der Waals surface area (Å²) in [6.07, 6.45) is 1.39. The number of methoxy groups -OCH3 is 1. The fourth-order valence-electron chi connectivity index (χ4n) is 1.39. The minimum Gasteiger partial charge on any atom is -0.497 e. The van der Waals surface area contributed by atoms with Crippen molar-refractivity contribution in [1.29, 1.82) is 0 Å².